The zero-order valence-electron chi connectivity index (χ0n) is 19.5. The van der Waals surface area contributed by atoms with Crippen LogP contribution in [0.15, 0.2) is 66.7 Å². The average Bonchev–Trinajstić information content (AvgIpc) is 3.32. The van der Waals surface area contributed by atoms with Crippen LogP contribution < -0.4 is 9.64 Å². The first-order valence-corrected chi connectivity index (χ1v) is 12.6. The Balaban J connectivity index is 1.37. The summed E-state index contributed by atoms with van der Waals surface area (Å²) in [4.78, 5) is 21.8. The smallest absolute Gasteiger partial charge is 0.260 e. The van der Waals surface area contributed by atoms with Gasteiger partial charge >= 0.3 is 0 Å². The number of anilines is 1. The van der Waals surface area contributed by atoms with E-state index in [-0.39, 0.29) is 11.4 Å². The number of aromatic nitrogens is 1. The van der Waals surface area contributed by atoms with Gasteiger partial charge in [-0.3, -0.25) is 14.6 Å². The molecule has 1 saturated heterocycles. The quantitative estimate of drug-likeness (QED) is 0.303. The SMILES string of the molecule is O=C(c1ccc(Oc2ccccc2)cc1)N(CCCN1CCOCC1)c1nc2c(F)cc(F)cc2s1. The lowest BCUT2D eigenvalue weighted by Crippen LogP contribution is -2.39. The van der Waals surface area contributed by atoms with Crippen molar-refractivity contribution in [2.24, 2.45) is 0 Å². The minimum Gasteiger partial charge on any atom is -0.457 e. The van der Waals surface area contributed by atoms with Gasteiger partial charge in [0.05, 0.1) is 17.9 Å². The summed E-state index contributed by atoms with van der Waals surface area (Å²) in [6.45, 7) is 4.28. The van der Waals surface area contributed by atoms with Gasteiger partial charge in [-0.05, 0) is 48.9 Å². The molecule has 1 aromatic heterocycles. The van der Waals surface area contributed by atoms with E-state index >= 15 is 0 Å². The van der Waals surface area contributed by atoms with E-state index in [1.54, 1.807) is 29.2 Å². The first kappa shape index (κ1) is 24.3. The Morgan fingerprint density at radius 3 is 2.50 bits per heavy atom. The summed E-state index contributed by atoms with van der Waals surface area (Å²) in [6.07, 6.45) is 0.702. The lowest BCUT2D eigenvalue weighted by atomic mass is 10.2. The summed E-state index contributed by atoms with van der Waals surface area (Å²) in [5.74, 6) is -0.368. The number of carbonyl (C=O) groups excluding carboxylic acids is 1. The number of fused-ring (bicyclic) bond motifs is 1. The maximum absolute atomic E-state index is 14.3. The van der Waals surface area contributed by atoms with Crippen molar-refractivity contribution in [3.05, 3.63) is 83.9 Å². The van der Waals surface area contributed by atoms with Gasteiger partial charge in [-0.2, -0.15) is 0 Å². The first-order valence-electron chi connectivity index (χ1n) is 11.8. The summed E-state index contributed by atoms with van der Waals surface area (Å²) in [6, 6.07) is 18.3. The van der Waals surface area contributed by atoms with Crippen LogP contribution in [-0.2, 0) is 4.74 Å². The fourth-order valence-electron chi connectivity index (χ4n) is 4.07. The molecule has 1 aliphatic heterocycles. The normalized spacial score (nSPS) is 14.2. The minimum atomic E-state index is -0.740. The van der Waals surface area contributed by atoms with Crippen LogP contribution in [0.4, 0.5) is 13.9 Å². The van der Waals surface area contributed by atoms with Crippen LogP contribution in [0, 0.1) is 11.6 Å². The zero-order valence-corrected chi connectivity index (χ0v) is 20.3. The van der Waals surface area contributed by atoms with Gasteiger partial charge in [0.25, 0.3) is 5.91 Å². The molecule has 0 spiro atoms. The van der Waals surface area contributed by atoms with E-state index < -0.39 is 11.6 Å². The predicted octanol–water partition coefficient (Wildman–Crippen LogP) is 5.74. The third kappa shape index (κ3) is 5.70. The summed E-state index contributed by atoms with van der Waals surface area (Å²) in [5.41, 5.74) is 0.515. The van der Waals surface area contributed by atoms with Gasteiger partial charge in [-0.15, -0.1) is 0 Å². The second-order valence-electron chi connectivity index (χ2n) is 8.43. The molecule has 5 rings (SSSR count). The van der Waals surface area contributed by atoms with Crippen LogP contribution in [0.1, 0.15) is 16.8 Å². The molecule has 0 saturated carbocycles. The molecule has 0 aliphatic carbocycles. The van der Waals surface area contributed by atoms with Crippen LogP contribution in [0.25, 0.3) is 10.2 Å². The van der Waals surface area contributed by atoms with Crippen molar-refractivity contribution in [1.29, 1.82) is 0 Å². The topological polar surface area (TPSA) is 54.9 Å². The summed E-state index contributed by atoms with van der Waals surface area (Å²) < 4.78 is 39.7. The number of benzene rings is 3. The van der Waals surface area contributed by atoms with E-state index in [1.165, 1.54) is 6.07 Å². The van der Waals surface area contributed by atoms with Crippen LogP contribution in [0.2, 0.25) is 0 Å². The number of nitrogens with zero attached hydrogens (tertiary/aromatic N) is 3. The van der Waals surface area contributed by atoms with E-state index in [9.17, 15) is 13.6 Å². The maximum Gasteiger partial charge on any atom is 0.260 e. The molecule has 3 aromatic carbocycles. The molecular weight excluding hydrogens is 484 g/mol. The number of rotatable bonds is 8. The highest BCUT2D eigenvalue weighted by molar-refractivity contribution is 7.22. The average molecular weight is 510 g/mol. The summed E-state index contributed by atoms with van der Waals surface area (Å²) in [7, 11) is 0. The van der Waals surface area contributed by atoms with Crippen molar-refractivity contribution in [1.82, 2.24) is 9.88 Å². The molecule has 0 unspecified atom stereocenters. The number of para-hydroxylation sites is 1. The second kappa shape index (κ2) is 11.1. The number of thiazole rings is 1. The number of hydrogen-bond acceptors (Lipinski definition) is 6. The monoisotopic (exact) mass is 509 g/mol. The Morgan fingerprint density at radius 2 is 1.75 bits per heavy atom. The molecule has 1 aliphatic rings. The molecule has 1 fully saturated rings. The largest absolute Gasteiger partial charge is 0.457 e. The van der Waals surface area contributed by atoms with Crippen LogP contribution in [0.3, 0.4) is 0 Å². The molecular formula is C27H25F2N3O3S. The lowest BCUT2D eigenvalue weighted by Gasteiger charge is -2.27. The fraction of sp³-hybridized carbons (Fsp3) is 0.259. The highest BCUT2D eigenvalue weighted by Crippen LogP contribution is 2.32. The zero-order chi connectivity index (χ0) is 24.9. The molecule has 2 heterocycles. The highest BCUT2D eigenvalue weighted by Gasteiger charge is 2.23. The molecule has 4 aromatic rings. The fourth-order valence-corrected chi connectivity index (χ4v) is 5.10. The molecule has 0 radical (unpaired) electrons. The van der Waals surface area contributed by atoms with E-state index in [0.717, 1.165) is 37.0 Å². The Labute approximate surface area is 211 Å². The summed E-state index contributed by atoms with van der Waals surface area (Å²) >= 11 is 1.10. The van der Waals surface area contributed by atoms with Gasteiger partial charge in [0.15, 0.2) is 10.9 Å². The number of carbonyl (C=O) groups is 1. The Bertz CT molecular complexity index is 1330. The molecule has 1 amide bonds. The highest BCUT2D eigenvalue weighted by atomic mass is 32.1. The molecule has 6 nitrogen and oxygen atoms in total. The molecule has 0 N–H and O–H groups in total. The number of halogens is 2. The van der Waals surface area contributed by atoms with Gasteiger partial charge in [0.1, 0.15) is 22.8 Å². The Morgan fingerprint density at radius 1 is 1.03 bits per heavy atom. The second-order valence-corrected chi connectivity index (χ2v) is 9.44. The van der Waals surface area contributed by atoms with Crippen LogP contribution in [-0.4, -0.2) is 55.2 Å². The van der Waals surface area contributed by atoms with Crippen molar-refractivity contribution in [2.45, 2.75) is 6.42 Å². The number of hydrogen-bond donors (Lipinski definition) is 0. The molecule has 36 heavy (non-hydrogen) atoms. The van der Waals surface area contributed by atoms with Gasteiger partial charge in [0.2, 0.25) is 0 Å². The van der Waals surface area contributed by atoms with Crippen molar-refractivity contribution >= 4 is 32.6 Å². The van der Waals surface area contributed by atoms with E-state index in [4.69, 9.17) is 9.47 Å². The number of ether oxygens (including phenoxy) is 2. The predicted molar refractivity (Wildman–Crippen MR) is 136 cm³/mol. The third-order valence-corrected chi connectivity index (χ3v) is 6.94. The molecule has 9 heteroatoms. The van der Waals surface area contributed by atoms with Gasteiger partial charge in [-0.25, -0.2) is 13.8 Å². The van der Waals surface area contributed by atoms with E-state index in [1.807, 2.05) is 30.3 Å². The minimum absolute atomic E-state index is 0.0639. The van der Waals surface area contributed by atoms with Crippen molar-refractivity contribution < 1.29 is 23.0 Å². The van der Waals surface area contributed by atoms with Gasteiger partial charge in [-0.1, -0.05) is 29.5 Å². The van der Waals surface area contributed by atoms with Crippen molar-refractivity contribution in [2.75, 3.05) is 44.3 Å². The Hall–Kier alpha value is -3.40. The first-order chi connectivity index (χ1) is 17.6. The molecule has 0 bridgehead atoms. The van der Waals surface area contributed by atoms with Crippen molar-refractivity contribution in [3.8, 4) is 11.5 Å². The van der Waals surface area contributed by atoms with E-state index in [0.29, 0.717) is 53.1 Å². The number of amides is 1. The standard InChI is InChI=1S/C27H25F2N3O3S/c28-20-17-23(29)25-24(18-20)36-27(30-25)32(12-4-11-31-13-15-34-16-14-31)26(33)19-7-9-22(10-8-19)35-21-5-2-1-3-6-21/h1-3,5-10,17-18H,4,11-16H2. The lowest BCUT2D eigenvalue weighted by molar-refractivity contribution is 0.0376. The summed E-state index contributed by atoms with van der Waals surface area (Å²) in [5, 5.41) is 0.339. The molecule has 186 valence electrons. The maximum atomic E-state index is 14.3. The number of morpholine rings is 1. The van der Waals surface area contributed by atoms with Crippen LogP contribution in [0.5, 0.6) is 11.5 Å². The van der Waals surface area contributed by atoms with E-state index in [2.05, 4.69) is 9.88 Å². The third-order valence-electron chi connectivity index (χ3n) is 5.92. The van der Waals surface area contributed by atoms with Gasteiger partial charge < -0.3 is 9.47 Å². The molecule has 0 atom stereocenters. The van der Waals surface area contributed by atoms with Crippen LogP contribution >= 0.6 is 11.3 Å². The van der Waals surface area contributed by atoms with Gasteiger partial charge in [0, 0.05) is 37.8 Å². The van der Waals surface area contributed by atoms with Crippen molar-refractivity contribution in [3.63, 3.8) is 0 Å². The Kier molecular flexibility index (Phi) is 7.50.